The van der Waals surface area contributed by atoms with Crippen molar-refractivity contribution in [2.75, 3.05) is 4.90 Å². The van der Waals surface area contributed by atoms with E-state index in [2.05, 4.69) is 246 Å². The SMILES string of the molecule is CC1(C)c2ccccc2-c2ccc(-c3ccc(N(c4ccc5c(c4)C(C)(c4ccccc4)c4ccccc4-5)c4ccccc4-c4cccc5c4-c4ccccc4C5(C)C)cc3)cc21. The van der Waals surface area contributed by atoms with Gasteiger partial charge >= 0.3 is 0 Å². The lowest BCUT2D eigenvalue weighted by atomic mass is 9.74. The molecule has 3 aliphatic carbocycles. The van der Waals surface area contributed by atoms with Gasteiger partial charge in [0.1, 0.15) is 0 Å². The zero-order valence-electron chi connectivity index (χ0n) is 36.6. The smallest absolute Gasteiger partial charge is 0.0540 e. The second-order valence-corrected chi connectivity index (χ2v) is 19.0. The molecule has 0 spiro atoms. The van der Waals surface area contributed by atoms with Crippen LogP contribution in [0.2, 0.25) is 0 Å². The minimum absolute atomic E-state index is 0.0583. The Morgan fingerprint density at radius 1 is 0.302 bits per heavy atom. The van der Waals surface area contributed by atoms with E-state index in [1.807, 2.05) is 0 Å². The Hall–Kier alpha value is -7.22. The first kappa shape index (κ1) is 37.5. The standard InChI is InChI=1S/C62H49N/c1-60(2)53-26-14-11-23-51(53)59-50(24-17-28-55(59)60)49-22-12-16-29-58(49)63(44-35-37-48-46-21-10-15-27-54(46)62(5,57(48)39-44)42-18-7-6-8-19-42)43-33-30-40(31-34-43)41-32-36-47-45-20-9-13-25-52(45)61(3,4)56(47)38-41/h6-39H,1-5H3. The van der Waals surface area contributed by atoms with Gasteiger partial charge in [0.05, 0.1) is 5.69 Å². The third-order valence-electron chi connectivity index (χ3n) is 15.0. The summed E-state index contributed by atoms with van der Waals surface area (Å²) in [5, 5.41) is 0. The van der Waals surface area contributed by atoms with Crippen molar-refractivity contribution in [3.8, 4) is 55.6 Å². The summed E-state index contributed by atoms with van der Waals surface area (Å²) in [5.41, 5.74) is 25.3. The Morgan fingerprint density at radius 2 is 0.794 bits per heavy atom. The van der Waals surface area contributed by atoms with Crippen molar-refractivity contribution in [1.82, 2.24) is 0 Å². The lowest BCUT2D eigenvalue weighted by Gasteiger charge is -2.32. The maximum Gasteiger partial charge on any atom is 0.0540 e. The summed E-state index contributed by atoms with van der Waals surface area (Å²) in [6.07, 6.45) is 0. The largest absolute Gasteiger partial charge is 0.310 e. The molecule has 1 atom stereocenters. The van der Waals surface area contributed by atoms with Crippen LogP contribution >= 0.6 is 0 Å². The first-order valence-electron chi connectivity index (χ1n) is 22.4. The number of hydrogen-bond donors (Lipinski definition) is 0. The Labute approximate surface area is 372 Å². The highest BCUT2D eigenvalue weighted by molar-refractivity contribution is 5.99. The van der Waals surface area contributed by atoms with Crippen molar-refractivity contribution in [2.45, 2.75) is 50.9 Å². The summed E-state index contributed by atoms with van der Waals surface area (Å²) in [5.74, 6) is 0. The molecule has 0 amide bonds. The Kier molecular flexibility index (Phi) is 8.13. The van der Waals surface area contributed by atoms with Crippen LogP contribution in [0.4, 0.5) is 17.1 Å². The van der Waals surface area contributed by atoms with Crippen LogP contribution in [0, 0.1) is 0 Å². The fourth-order valence-electron chi connectivity index (χ4n) is 11.7. The Balaban J connectivity index is 1.05. The van der Waals surface area contributed by atoms with Crippen molar-refractivity contribution >= 4 is 17.1 Å². The molecule has 0 N–H and O–H groups in total. The maximum absolute atomic E-state index is 2.50. The summed E-state index contributed by atoms with van der Waals surface area (Å²) in [4.78, 5) is 2.50. The molecule has 12 rings (SSSR count). The van der Waals surface area contributed by atoms with Crippen LogP contribution < -0.4 is 4.90 Å². The van der Waals surface area contributed by atoms with E-state index in [0.29, 0.717) is 0 Å². The van der Waals surface area contributed by atoms with Crippen molar-refractivity contribution in [3.63, 3.8) is 0 Å². The Morgan fingerprint density at radius 3 is 1.54 bits per heavy atom. The van der Waals surface area contributed by atoms with E-state index in [1.54, 1.807) is 0 Å². The molecular formula is C62H49N. The minimum atomic E-state index is -0.325. The van der Waals surface area contributed by atoms with Crippen LogP contribution in [0.1, 0.15) is 73.6 Å². The molecule has 0 fully saturated rings. The summed E-state index contributed by atoms with van der Waals surface area (Å²) in [7, 11) is 0. The van der Waals surface area contributed by atoms with Crippen LogP contribution in [-0.4, -0.2) is 0 Å². The van der Waals surface area contributed by atoms with Crippen LogP contribution in [0.3, 0.4) is 0 Å². The van der Waals surface area contributed by atoms with Gasteiger partial charge in [0, 0.05) is 33.2 Å². The van der Waals surface area contributed by atoms with E-state index in [-0.39, 0.29) is 16.2 Å². The molecule has 0 heterocycles. The summed E-state index contributed by atoms with van der Waals surface area (Å²) in [6.45, 7) is 11.9. The summed E-state index contributed by atoms with van der Waals surface area (Å²) in [6, 6.07) is 77.4. The van der Waals surface area contributed by atoms with Crippen LogP contribution in [0.25, 0.3) is 55.6 Å². The average Bonchev–Trinajstić information content (AvgIpc) is 3.83. The normalized spacial score (nSPS) is 16.7. The van der Waals surface area contributed by atoms with E-state index >= 15 is 0 Å². The van der Waals surface area contributed by atoms with Gasteiger partial charge < -0.3 is 4.90 Å². The van der Waals surface area contributed by atoms with E-state index in [9.17, 15) is 0 Å². The van der Waals surface area contributed by atoms with Gasteiger partial charge in [-0.15, -0.1) is 0 Å². The molecule has 1 unspecified atom stereocenters. The van der Waals surface area contributed by atoms with Crippen molar-refractivity contribution in [1.29, 1.82) is 0 Å². The van der Waals surface area contributed by atoms with Crippen LogP contribution in [0.5, 0.6) is 0 Å². The predicted molar refractivity (Wildman–Crippen MR) is 265 cm³/mol. The van der Waals surface area contributed by atoms with Crippen LogP contribution in [-0.2, 0) is 16.2 Å². The molecule has 0 saturated heterocycles. The Bertz CT molecular complexity index is 3290. The van der Waals surface area contributed by atoms with Crippen molar-refractivity contribution < 1.29 is 0 Å². The predicted octanol–water partition coefficient (Wildman–Crippen LogP) is 16.4. The number of para-hydroxylation sites is 1. The molecule has 63 heavy (non-hydrogen) atoms. The fourth-order valence-corrected chi connectivity index (χ4v) is 11.7. The number of nitrogens with zero attached hydrogens (tertiary/aromatic N) is 1. The number of anilines is 3. The van der Waals surface area contributed by atoms with Crippen molar-refractivity contribution in [3.05, 3.63) is 245 Å². The van der Waals surface area contributed by atoms with Crippen molar-refractivity contribution in [2.24, 2.45) is 0 Å². The molecule has 9 aromatic rings. The lowest BCUT2D eigenvalue weighted by Crippen LogP contribution is -2.22. The van der Waals surface area contributed by atoms with Crippen LogP contribution in [0.15, 0.2) is 206 Å². The van der Waals surface area contributed by atoms with Gasteiger partial charge in [-0.2, -0.15) is 0 Å². The highest BCUT2D eigenvalue weighted by Crippen LogP contribution is 2.57. The minimum Gasteiger partial charge on any atom is -0.310 e. The number of rotatable bonds is 6. The van der Waals surface area contributed by atoms with Gasteiger partial charge in [-0.05, 0) is 132 Å². The molecule has 3 aliphatic rings. The monoisotopic (exact) mass is 807 g/mol. The number of hydrogen-bond acceptors (Lipinski definition) is 1. The molecule has 0 saturated carbocycles. The number of benzene rings is 9. The molecular weight excluding hydrogens is 759 g/mol. The molecule has 1 nitrogen and oxygen atoms in total. The summed E-state index contributed by atoms with van der Waals surface area (Å²) < 4.78 is 0. The second kappa shape index (κ2) is 13.6. The topological polar surface area (TPSA) is 3.24 Å². The zero-order valence-corrected chi connectivity index (χ0v) is 36.6. The summed E-state index contributed by atoms with van der Waals surface area (Å²) >= 11 is 0. The maximum atomic E-state index is 2.50. The van der Waals surface area contributed by atoms with E-state index < -0.39 is 0 Å². The third-order valence-corrected chi connectivity index (χ3v) is 15.0. The van der Waals surface area contributed by atoms with E-state index in [0.717, 1.165) is 17.1 Å². The molecule has 0 bridgehead atoms. The van der Waals surface area contributed by atoms with Gasteiger partial charge in [0.15, 0.2) is 0 Å². The second-order valence-electron chi connectivity index (χ2n) is 19.0. The third kappa shape index (κ3) is 5.36. The highest BCUT2D eigenvalue weighted by atomic mass is 15.1. The van der Waals surface area contributed by atoms with Gasteiger partial charge in [-0.1, -0.05) is 198 Å². The van der Waals surface area contributed by atoms with Gasteiger partial charge in [0.25, 0.3) is 0 Å². The molecule has 302 valence electrons. The first-order valence-corrected chi connectivity index (χ1v) is 22.4. The molecule has 0 aliphatic heterocycles. The number of fused-ring (bicyclic) bond motifs is 9. The molecule has 0 aromatic heterocycles. The van der Waals surface area contributed by atoms with E-state index in [4.69, 9.17) is 0 Å². The fraction of sp³-hybridized carbons (Fsp3) is 0.129. The lowest BCUT2D eigenvalue weighted by molar-refractivity contribution is 0.660. The average molecular weight is 808 g/mol. The van der Waals surface area contributed by atoms with Gasteiger partial charge in [0.2, 0.25) is 0 Å². The molecule has 1 heteroatoms. The zero-order chi connectivity index (χ0) is 42.7. The molecule has 9 aromatic carbocycles. The quantitative estimate of drug-likeness (QED) is 0.162. The first-order chi connectivity index (χ1) is 30.7. The van der Waals surface area contributed by atoms with E-state index in [1.165, 1.54) is 94.6 Å². The van der Waals surface area contributed by atoms with Gasteiger partial charge in [-0.25, -0.2) is 0 Å². The molecule has 0 radical (unpaired) electrons. The van der Waals surface area contributed by atoms with Gasteiger partial charge in [-0.3, -0.25) is 0 Å². The highest BCUT2D eigenvalue weighted by Gasteiger charge is 2.42.